The third kappa shape index (κ3) is 10.6. The number of H-pyrrole nitrogens is 1. The molecular weight excluding hydrogens is 903 g/mol. The van der Waals surface area contributed by atoms with Gasteiger partial charge in [-0.25, -0.2) is 26.6 Å². The molecule has 5 N–H and O–H groups in total. The van der Waals surface area contributed by atoms with E-state index in [1.807, 2.05) is 0 Å². The van der Waals surface area contributed by atoms with Crippen LogP contribution in [0.25, 0.3) is 33.5 Å². The molecule has 2 aromatic heterocycles. The molecule has 0 aliphatic rings. The number of imidazole rings is 1. The Morgan fingerprint density at radius 3 is 1.87 bits per heavy atom. The van der Waals surface area contributed by atoms with Gasteiger partial charge in [-0.3, -0.25) is 0 Å². The summed E-state index contributed by atoms with van der Waals surface area (Å²) >= 11 is 0. The molecule has 1 unspecified atom stereocenters. The molecule has 19 nitrogen and oxygen atoms in total. The van der Waals surface area contributed by atoms with Crippen LogP contribution in [0.3, 0.4) is 0 Å². The number of methoxy groups -OCH3 is 3. The number of nitrogen functional groups attached to an aromatic ring is 1. The van der Waals surface area contributed by atoms with Crippen molar-refractivity contribution in [2.45, 2.75) is 61.8 Å². The van der Waals surface area contributed by atoms with E-state index in [1.165, 1.54) is 25.1 Å². The van der Waals surface area contributed by atoms with Crippen molar-refractivity contribution in [3.8, 4) is 39.8 Å². The van der Waals surface area contributed by atoms with Gasteiger partial charge in [0.2, 0.25) is 15.8 Å². The van der Waals surface area contributed by atoms with E-state index in [9.17, 15) is 23.4 Å². The van der Waals surface area contributed by atoms with E-state index in [1.54, 1.807) is 119 Å². The maximum atomic E-state index is 16.1. The number of aliphatic hydroxyl groups is 1. The zero-order chi connectivity index (χ0) is 48.3. The fourth-order valence-corrected chi connectivity index (χ4v) is 11.4. The van der Waals surface area contributed by atoms with Gasteiger partial charge in [-0.05, 0) is 96.8 Å². The number of para-hydroxylation sites is 1. The summed E-state index contributed by atoms with van der Waals surface area (Å²) in [7, 11) is -5.33. The maximum Gasteiger partial charge on any atom is 0.407 e. The number of nitrogens with zero attached hydrogens (tertiary/aromatic N) is 7. The molecule has 0 spiro atoms. The Balaban J connectivity index is 1.50. The number of carboxylic acid groups (broad SMARTS) is 1. The summed E-state index contributed by atoms with van der Waals surface area (Å²) in [6.07, 6.45) is -3.18. The van der Waals surface area contributed by atoms with Crippen LogP contribution in [0, 0.1) is 0 Å². The summed E-state index contributed by atoms with van der Waals surface area (Å²) in [6.45, 7) is 3.76. The number of amides is 1. The first-order valence-electron chi connectivity index (χ1n) is 20.8. The van der Waals surface area contributed by atoms with E-state index in [-0.39, 0.29) is 42.5 Å². The number of carbonyl (C=O) groups is 1. The Labute approximate surface area is 387 Å². The lowest BCUT2D eigenvalue weighted by Crippen LogP contribution is -2.49. The van der Waals surface area contributed by atoms with Gasteiger partial charge in [-0.2, -0.15) is 9.10 Å². The highest BCUT2D eigenvalue weighted by Crippen LogP contribution is 2.43. The number of aliphatic hydroxyl groups excluding tert-OH is 1. The number of sulfonamides is 1. The van der Waals surface area contributed by atoms with Crippen LogP contribution in [-0.2, 0) is 39.5 Å². The second kappa shape index (κ2) is 19.4. The van der Waals surface area contributed by atoms with Crippen molar-refractivity contribution in [3.05, 3.63) is 120 Å². The number of sulfone groups is 1. The van der Waals surface area contributed by atoms with Gasteiger partial charge in [0.25, 0.3) is 0 Å². The van der Waals surface area contributed by atoms with Gasteiger partial charge in [0, 0.05) is 24.2 Å². The number of aromatic amines is 1. The van der Waals surface area contributed by atoms with Gasteiger partial charge in [-0.1, -0.05) is 54.6 Å². The molecule has 0 aliphatic heterocycles. The molecule has 7 aromatic rings. The quantitative estimate of drug-likeness (QED) is 0.0787. The number of nitrogens with one attached hydrogen (secondary N) is 1. The maximum absolute atomic E-state index is 16.1. The van der Waals surface area contributed by atoms with Crippen molar-refractivity contribution >= 4 is 42.9 Å². The van der Waals surface area contributed by atoms with Crippen LogP contribution in [0.4, 0.5) is 10.7 Å². The third-order valence-electron chi connectivity index (χ3n) is 10.9. The lowest BCUT2D eigenvalue weighted by Gasteiger charge is -2.34. The number of aromatic nitrogens is 6. The summed E-state index contributed by atoms with van der Waals surface area (Å²) in [5.74, 6) is 0.437. The van der Waals surface area contributed by atoms with E-state index in [0.717, 1.165) is 20.8 Å². The number of fused-ring (bicyclic) bond motifs is 1. The van der Waals surface area contributed by atoms with E-state index < -0.39 is 59.7 Å². The van der Waals surface area contributed by atoms with Crippen molar-refractivity contribution in [2.24, 2.45) is 0 Å². The molecule has 1 atom stereocenters. The van der Waals surface area contributed by atoms with Crippen LogP contribution in [-0.4, -0.2) is 118 Å². The smallest absolute Gasteiger partial charge is 0.407 e. The molecule has 0 saturated heterocycles. The van der Waals surface area contributed by atoms with Gasteiger partial charge < -0.3 is 40.0 Å². The highest BCUT2D eigenvalue weighted by Gasteiger charge is 2.39. The van der Waals surface area contributed by atoms with Crippen LogP contribution in [0.15, 0.2) is 113 Å². The van der Waals surface area contributed by atoms with Crippen molar-refractivity contribution in [3.63, 3.8) is 0 Å². The third-order valence-corrected chi connectivity index (χ3v) is 14.8. The Morgan fingerprint density at radius 1 is 0.791 bits per heavy atom. The first kappa shape index (κ1) is 47.9. The van der Waals surface area contributed by atoms with Gasteiger partial charge in [-0.15, -0.1) is 10.2 Å². The highest BCUT2D eigenvalue weighted by molar-refractivity contribution is 7.93. The van der Waals surface area contributed by atoms with Gasteiger partial charge in [0.15, 0.2) is 15.8 Å². The lowest BCUT2D eigenvalue weighted by atomic mass is 9.98. The fraction of sp³-hybridized carbons (Fsp3) is 0.283. The van der Waals surface area contributed by atoms with E-state index in [0.29, 0.717) is 45.0 Å². The molecular formula is C46H51N9O10S2. The highest BCUT2D eigenvalue weighted by atomic mass is 32.2. The molecule has 0 bridgehead atoms. The zero-order valence-corrected chi connectivity index (χ0v) is 39.2. The average Bonchev–Trinajstić information content (AvgIpc) is 3.93. The molecule has 0 aliphatic carbocycles. The van der Waals surface area contributed by atoms with E-state index in [2.05, 4.69) is 25.4 Å². The Morgan fingerprint density at radius 2 is 1.34 bits per heavy atom. The molecule has 2 heterocycles. The lowest BCUT2D eigenvalue weighted by molar-refractivity contribution is 0.0630. The number of nitrogens with two attached hydrogens (primary N) is 1. The number of rotatable bonds is 18. The molecule has 0 saturated carbocycles. The molecule has 0 radical (unpaired) electrons. The summed E-state index contributed by atoms with van der Waals surface area (Å²) in [6, 6.07) is 28.3. The molecule has 352 valence electrons. The van der Waals surface area contributed by atoms with Crippen LogP contribution >= 0.6 is 0 Å². The molecule has 0 fully saturated rings. The SMILES string of the molecule is COc1ccc(CN(Cc2ccc(OC)cc2)S(=O)(=O)c2c(S(=O)(=O)CC(O)CN(C(=O)O)C(C)(C)C)ccc(-c3cccc4[nH]c(N)nc34)c2-c2nnn(Cc3ccc(OC)cc3)n2)cc1. The van der Waals surface area contributed by atoms with Crippen molar-refractivity contribution < 1.29 is 46.1 Å². The number of tetrazole rings is 1. The Kier molecular flexibility index (Phi) is 13.9. The number of hydrogen-bond acceptors (Lipinski definition) is 14. The topological polar surface area (TPSA) is 258 Å². The summed E-state index contributed by atoms with van der Waals surface area (Å²) in [4.78, 5) is 20.5. The Hall–Kier alpha value is -7.07. The van der Waals surface area contributed by atoms with Crippen molar-refractivity contribution in [1.82, 2.24) is 39.4 Å². The minimum Gasteiger partial charge on any atom is -0.497 e. The number of anilines is 1. The van der Waals surface area contributed by atoms with Gasteiger partial charge >= 0.3 is 6.09 Å². The summed E-state index contributed by atoms with van der Waals surface area (Å²) in [5, 5.41) is 34.8. The number of β-amino-alcohol motifs (C(OH)–C–C–N with tert-alkyl or cyclic N) is 1. The van der Waals surface area contributed by atoms with Crippen LogP contribution < -0.4 is 19.9 Å². The van der Waals surface area contributed by atoms with E-state index >= 15 is 8.42 Å². The molecule has 1 amide bonds. The number of ether oxygens (including phenoxy) is 3. The van der Waals surface area contributed by atoms with E-state index in [4.69, 9.17) is 19.9 Å². The zero-order valence-electron chi connectivity index (χ0n) is 37.6. The van der Waals surface area contributed by atoms with Crippen LogP contribution in [0.2, 0.25) is 0 Å². The predicted octanol–water partition coefficient (Wildman–Crippen LogP) is 5.84. The van der Waals surface area contributed by atoms with Crippen molar-refractivity contribution in [1.29, 1.82) is 0 Å². The van der Waals surface area contributed by atoms with Crippen LogP contribution in [0.5, 0.6) is 17.2 Å². The van der Waals surface area contributed by atoms with Gasteiger partial charge in [0.05, 0.1) is 67.8 Å². The summed E-state index contributed by atoms with van der Waals surface area (Å²) < 4.78 is 79.3. The molecule has 5 aromatic carbocycles. The second-order valence-corrected chi connectivity index (χ2v) is 20.5. The standard InChI is InChI=1S/C46H51N9O10S2/c1-46(2,3)54(45(57)58)27-32(56)28-66(59,60)39-23-22-36(37-8-7-9-38-41(37)49-44(47)48-38)40(43-50-52-55(51-43)26-31-14-20-35(65-6)21-15-31)42(39)67(61,62)53(24-29-10-16-33(63-4)17-11-29)25-30-12-18-34(64-5)19-13-30/h7-23,32,56H,24-28H2,1-6H3,(H,57,58)(H3,47,48,49). The van der Waals surface area contributed by atoms with Crippen molar-refractivity contribution in [2.75, 3.05) is 39.4 Å². The molecule has 67 heavy (non-hydrogen) atoms. The van der Waals surface area contributed by atoms with Crippen LogP contribution in [0.1, 0.15) is 37.5 Å². The fourth-order valence-electron chi connectivity index (χ4n) is 7.55. The largest absolute Gasteiger partial charge is 0.497 e. The predicted molar refractivity (Wildman–Crippen MR) is 250 cm³/mol. The second-order valence-electron chi connectivity index (χ2n) is 16.6. The average molecular weight is 954 g/mol. The monoisotopic (exact) mass is 953 g/mol. The van der Waals surface area contributed by atoms with Gasteiger partial charge in [0.1, 0.15) is 22.1 Å². The minimum atomic E-state index is -5.03. The minimum absolute atomic E-state index is 0.0735. The summed E-state index contributed by atoms with van der Waals surface area (Å²) in [5.41, 5.74) is 8.05. The number of hydrogen-bond donors (Lipinski definition) is 4. The normalized spacial score (nSPS) is 12.6. The molecule has 21 heteroatoms. The Bertz CT molecular complexity index is 3050. The first-order chi connectivity index (χ1) is 31.8. The first-order valence-corrected chi connectivity index (χ1v) is 23.9. The number of benzene rings is 5. The molecule has 7 rings (SSSR count).